The summed E-state index contributed by atoms with van der Waals surface area (Å²) in [7, 11) is 0. The summed E-state index contributed by atoms with van der Waals surface area (Å²) in [6.07, 6.45) is 9.32. The number of aromatic nitrogens is 2. The molecule has 5 nitrogen and oxygen atoms in total. The van der Waals surface area contributed by atoms with Crippen LogP contribution in [0.25, 0.3) is 5.82 Å². The van der Waals surface area contributed by atoms with Crippen molar-refractivity contribution >= 4 is 5.91 Å². The molecule has 140 valence electrons. The first-order chi connectivity index (χ1) is 12.7. The number of aryl methyl sites for hydroxylation is 1. The fraction of sp³-hybridized carbons (Fsp3) is 0.524. The molecule has 0 bridgehead atoms. The number of nitrogens with zero attached hydrogens (tertiary/aromatic N) is 2. The number of pyridine rings is 1. The van der Waals surface area contributed by atoms with Crippen LogP contribution < -0.4 is 5.32 Å². The highest BCUT2D eigenvalue weighted by atomic mass is 16.5. The molecule has 2 aromatic heterocycles. The van der Waals surface area contributed by atoms with E-state index in [0.717, 1.165) is 30.2 Å². The van der Waals surface area contributed by atoms with Crippen molar-refractivity contribution in [1.29, 1.82) is 0 Å². The Balaban J connectivity index is 1.50. The van der Waals surface area contributed by atoms with E-state index >= 15 is 0 Å². The first kappa shape index (κ1) is 18.6. The smallest absolute Gasteiger partial charge is 0.253 e. The maximum atomic E-state index is 12.5. The number of carbonyl (C=O) groups is 1. The van der Waals surface area contributed by atoms with Gasteiger partial charge >= 0.3 is 0 Å². The van der Waals surface area contributed by atoms with Gasteiger partial charge in [0.1, 0.15) is 5.82 Å². The molecule has 0 unspecified atom stereocenters. The van der Waals surface area contributed by atoms with Crippen LogP contribution in [0.1, 0.15) is 60.3 Å². The number of carbonyl (C=O) groups excluding carboxylic acids is 1. The summed E-state index contributed by atoms with van der Waals surface area (Å²) in [6.45, 7) is 5.32. The van der Waals surface area contributed by atoms with Crippen LogP contribution in [-0.4, -0.2) is 34.7 Å². The van der Waals surface area contributed by atoms with E-state index in [2.05, 4.69) is 10.3 Å². The molecule has 26 heavy (non-hydrogen) atoms. The molecule has 0 atom stereocenters. The van der Waals surface area contributed by atoms with Gasteiger partial charge in [-0.2, -0.15) is 0 Å². The van der Waals surface area contributed by atoms with Gasteiger partial charge < -0.3 is 14.6 Å². The molecule has 0 spiro atoms. The van der Waals surface area contributed by atoms with Gasteiger partial charge in [-0.25, -0.2) is 4.98 Å². The molecule has 3 rings (SSSR count). The van der Waals surface area contributed by atoms with Gasteiger partial charge in [0.05, 0.1) is 11.7 Å². The lowest BCUT2D eigenvalue weighted by atomic mass is 9.98. The van der Waals surface area contributed by atoms with Gasteiger partial charge in [0, 0.05) is 30.7 Å². The standard InChI is InChI=1S/C21H29N3O2/c1-16-15-19(17(2)24(16)20-11-6-7-12-22-20)21(25)23-13-8-14-26-18-9-4-3-5-10-18/h6-7,11-12,15,18H,3-5,8-10,13-14H2,1-2H3,(H,23,25). The molecule has 1 amide bonds. The zero-order valence-electron chi connectivity index (χ0n) is 15.8. The van der Waals surface area contributed by atoms with Crippen LogP contribution in [0, 0.1) is 13.8 Å². The molecule has 1 N–H and O–H groups in total. The largest absolute Gasteiger partial charge is 0.378 e. The van der Waals surface area contributed by atoms with Crippen molar-refractivity contribution in [1.82, 2.24) is 14.9 Å². The summed E-state index contributed by atoms with van der Waals surface area (Å²) in [5.74, 6) is 0.806. The SMILES string of the molecule is Cc1cc(C(=O)NCCCOC2CCCCC2)c(C)n1-c1ccccn1. The number of ether oxygens (including phenoxy) is 1. The van der Waals surface area contributed by atoms with E-state index < -0.39 is 0 Å². The first-order valence-corrected chi connectivity index (χ1v) is 9.67. The number of rotatable bonds is 7. The van der Waals surface area contributed by atoms with Crippen molar-refractivity contribution in [2.24, 2.45) is 0 Å². The van der Waals surface area contributed by atoms with Crippen molar-refractivity contribution in [2.75, 3.05) is 13.2 Å². The normalized spacial score (nSPS) is 15.2. The predicted octanol–water partition coefficient (Wildman–Crippen LogP) is 3.96. The van der Waals surface area contributed by atoms with Crippen LogP contribution in [0.4, 0.5) is 0 Å². The quantitative estimate of drug-likeness (QED) is 0.765. The average Bonchev–Trinajstić information content (AvgIpc) is 2.97. The number of amides is 1. The lowest BCUT2D eigenvalue weighted by molar-refractivity contribution is 0.0273. The number of hydrogen-bond donors (Lipinski definition) is 1. The third kappa shape index (κ3) is 4.52. The Kier molecular flexibility index (Phi) is 6.45. The van der Waals surface area contributed by atoms with Gasteiger partial charge in [-0.15, -0.1) is 0 Å². The predicted molar refractivity (Wildman–Crippen MR) is 103 cm³/mol. The maximum absolute atomic E-state index is 12.5. The van der Waals surface area contributed by atoms with E-state index in [1.165, 1.54) is 32.1 Å². The Labute approximate surface area is 155 Å². The zero-order chi connectivity index (χ0) is 18.4. The van der Waals surface area contributed by atoms with Gasteiger partial charge in [-0.05, 0) is 51.3 Å². The van der Waals surface area contributed by atoms with Gasteiger partial charge in [0.15, 0.2) is 0 Å². The summed E-state index contributed by atoms with van der Waals surface area (Å²) in [4.78, 5) is 16.9. The average molecular weight is 355 g/mol. The molecule has 1 fully saturated rings. The van der Waals surface area contributed by atoms with E-state index in [0.29, 0.717) is 18.2 Å². The third-order valence-corrected chi connectivity index (χ3v) is 5.07. The third-order valence-electron chi connectivity index (χ3n) is 5.07. The van der Waals surface area contributed by atoms with Crippen LogP contribution >= 0.6 is 0 Å². The number of hydrogen-bond acceptors (Lipinski definition) is 3. The Morgan fingerprint density at radius 3 is 2.81 bits per heavy atom. The van der Waals surface area contributed by atoms with Gasteiger partial charge in [0.2, 0.25) is 0 Å². The van der Waals surface area contributed by atoms with Crippen molar-refractivity contribution in [2.45, 2.75) is 58.5 Å². The summed E-state index contributed by atoms with van der Waals surface area (Å²) < 4.78 is 7.93. The van der Waals surface area contributed by atoms with Gasteiger partial charge in [-0.3, -0.25) is 4.79 Å². The van der Waals surface area contributed by atoms with Crippen molar-refractivity contribution in [3.8, 4) is 5.82 Å². The van der Waals surface area contributed by atoms with Crippen molar-refractivity contribution in [3.05, 3.63) is 47.4 Å². The van der Waals surface area contributed by atoms with Crippen LogP contribution in [0.5, 0.6) is 0 Å². The molecule has 2 aromatic rings. The highest BCUT2D eigenvalue weighted by Crippen LogP contribution is 2.21. The summed E-state index contributed by atoms with van der Waals surface area (Å²) in [6, 6.07) is 7.72. The molecular weight excluding hydrogens is 326 g/mol. The topological polar surface area (TPSA) is 56.1 Å². The highest BCUT2D eigenvalue weighted by Gasteiger charge is 2.17. The molecule has 2 heterocycles. The monoisotopic (exact) mass is 355 g/mol. The molecule has 1 aliphatic carbocycles. The van der Waals surface area contributed by atoms with E-state index in [1.807, 2.05) is 42.7 Å². The molecule has 1 saturated carbocycles. The molecule has 0 aromatic carbocycles. The Morgan fingerprint density at radius 2 is 2.08 bits per heavy atom. The second kappa shape index (κ2) is 8.99. The Bertz CT molecular complexity index is 718. The minimum atomic E-state index is -0.0297. The summed E-state index contributed by atoms with van der Waals surface area (Å²) in [5, 5.41) is 3.02. The second-order valence-corrected chi connectivity index (χ2v) is 7.05. The molecule has 1 aliphatic rings. The number of nitrogens with one attached hydrogen (secondary N) is 1. The minimum Gasteiger partial charge on any atom is -0.378 e. The molecule has 0 aliphatic heterocycles. The van der Waals surface area contributed by atoms with Gasteiger partial charge in [-0.1, -0.05) is 25.3 Å². The fourth-order valence-corrected chi connectivity index (χ4v) is 3.68. The van der Waals surface area contributed by atoms with Crippen LogP contribution in [0.2, 0.25) is 0 Å². The highest BCUT2D eigenvalue weighted by molar-refractivity contribution is 5.95. The van der Waals surface area contributed by atoms with Crippen molar-refractivity contribution < 1.29 is 9.53 Å². The Morgan fingerprint density at radius 1 is 1.27 bits per heavy atom. The van der Waals surface area contributed by atoms with E-state index in [4.69, 9.17) is 4.74 Å². The second-order valence-electron chi connectivity index (χ2n) is 7.05. The lowest BCUT2D eigenvalue weighted by Crippen LogP contribution is -2.26. The lowest BCUT2D eigenvalue weighted by Gasteiger charge is -2.21. The van der Waals surface area contributed by atoms with Crippen LogP contribution in [0.3, 0.4) is 0 Å². The molecular formula is C21H29N3O2. The molecule has 5 heteroatoms. The fourth-order valence-electron chi connectivity index (χ4n) is 3.68. The zero-order valence-corrected chi connectivity index (χ0v) is 15.8. The van der Waals surface area contributed by atoms with Crippen molar-refractivity contribution in [3.63, 3.8) is 0 Å². The van der Waals surface area contributed by atoms with E-state index in [9.17, 15) is 4.79 Å². The maximum Gasteiger partial charge on any atom is 0.253 e. The van der Waals surface area contributed by atoms with Crippen LogP contribution in [0.15, 0.2) is 30.5 Å². The van der Waals surface area contributed by atoms with Crippen LogP contribution in [-0.2, 0) is 4.74 Å². The minimum absolute atomic E-state index is 0.0297. The molecule has 0 radical (unpaired) electrons. The van der Waals surface area contributed by atoms with Gasteiger partial charge in [0.25, 0.3) is 5.91 Å². The van der Waals surface area contributed by atoms with E-state index in [1.54, 1.807) is 6.20 Å². The summed E-state index contributed by atoms with van der Waals surface area (Å²) >= 11 is 0. The van der Waals surface area contributed by atoms with E-state index in [-0.39, 0.29) is 5.91 Å². The molecule has 0 saturated heterocycles. The first-order valence-electron chi connectivity index (χ1n) is 9.67. The summed E-state index contributed by atoms with van der Waals surface area (Å²) in [5.41, 5.74) is 2.63. The Hall–Kier alpha value is -2.14.